The van der Waals surface area contributed by atoms with Gasteiger partial charge in [0.25, 0.3) is 0 Å². The topological polar surface area (TPSA) is 64.3 Å². The molecule has 102 valence electrons. The SMILES string of the molecule is Cc1cc2c(N3CCOCC3(C)C)nc(N)nc2s1. The lowest BCUT2D eigenvalue weighted by Crippen LogP contribution is -2.53. The molecule has 0 aromatic carbocycles. The first-order valence-corrected chi connectivity index (χ1v) is 7.18. The van der Waals surface area contributed by atoms with Crippen molar-refractivity contribution in [1.82, 2.24) is 9.97 Å². The summed E-state index contributed by atoms with van der Waals surface area (Å²) in [5.74, 6) is 1.27. The highest BCUT2D eigenvalue weighted by Crippen LogP contribution is 2.35. The van der Waals surface area contributed by atoms with Gasteiger partial charge in [0.1, 0.15) is 10.6 Å². The number of aryl methyl sites for hydroxylation is 1. The van der Waals surface area contributed by atoms with Crippen molar-refractivity contribution >= 4 is 33.3 Å². The molecule has 0 amide bonds. The summed E-state index contributed by atoms with van der Waals surface area (Å²) < 4.78 is 5.57. The summed E-state index contributed by atoms with van der Waals surface area (Å²) >= 11 is 1.66. The Balaban J connectivity index is 2.18. The molecule has 3 rings (SSSR count). The molecule has 1 aliphatic heterocycles. The van der Waals surface area contributed by atoms with Crippen molar-refractivity contribution in [2.75, 3.05) is 30.4 Å². The molecular formula is C13H18N4OS. The Kier molecular flexibility index (Phi) is 2.87. The first-order chi connectivity index (χ1) is 8.97. The minimum atomic E-state index is -0.0815. The second kappa shape index (κ2) is 4.31. The van der Waals surface area contributed by atoms with Crippen LogP contribution in [0.1, 0.15) is 18.7 Å². The van der Waals surface area contributed by atoms with Crippen LogP contribution in [0.3, 0.4) is 0 Å². The van der Waals surface area contributed by atoms with Gasteiger partial charge in [-0.25, -0.2) is 4.98 Å². The Morgan fingerprint density at radius 2 is 2.21 bits per heavy atom. The number of nitrogen functional groups attached to an aromatic ring is 1. The average molecular weight is 278 g/mol. The maximum atomic E-state index is 5.86. The number of nitrogens with two attached hydrogens (primary N) is 1. The van der Waals surface area contributed by atoms with Crippen LogP contribution in [0.4, 0.5) is 11.8 Å². The molecule has 1 aliphatic rings. The molecule has 3 heterocycles. The van der Waals surface area contributed by atoms with Gasteiger partial charge in [0.05, 0.1) is 24.1 Å². The number of hydrogen-bond acceptors (Lipinski definition) is 6. The average Bonchev–Trinajstić information content (AvgIpc) is 2.68. The molecule has 2 aromatic heterocycles. The number of nitrogens with zero attached hydrogens (tertiary/aromatic N) is 3. The van der Waals surface area contributed by atoms with E-state index in [2.05, 4.69) is 41.7 Å². The zero-order chi connectivity index (χ0) is 13.6. The zero-order valence-electron chi connectivity index (χ0n) is 11.4. The lowest BCUT2D eigenvalue weighted by Gasteiger charge is -2.43. The number of rotatable bonds is 1. The predicted octanol–water partition coefficient (Wildman–Crippen LogP) is 2.20. The maximum Gasteiger partial charge on any atom is 0.223 e. The Morgan fingerprint density at radius 1 is 1.42 bits per heavy atom. The van der Waals surface area contributed by atoms with Crippen LogP contribution in [0, 0.1) is 6.92 Å². The van der Waals surface area contributed by atoms with E-state index < -0.39 is 0 Å². The molecule has 2 aromatic rings. The fraction of sp³-hybridized carbons (Fsp3) is 0.538. The minimum Gasteiger partial charge on any atom is -0.377 e. The molecule has 1 saturated heterocycles. The van der Waals surface area contributed by atoms with Gasteiger partial charge in [-0.2, -0.15) is 4.98 Å². The zero-order valence-corrected chi connectivity index (χ0v) is 12.3. The third-order valence-electron chi connectivity index (χ3n) is 3.41. The molecule has 0 atom stereocenters. The van der Waals surface area contributed by atoms with Crippen LogP contribution in [-0.2, 0) is 4.74 Å². The predicted molar refractivity (Wildman–Crippen MR) is 78.8 cm³/mol. The number of fused-ring (bicyclic) bond motifs is 1. The monoisotopic (exact) mass is 278 g/mol. The summed E-state index contributed by atoms with van der Waals surface area (Å²) in [7, 11) is 0. The summed E-state index contributed by atoms with van der Waals surface area (Å²) in [6.07, 6.45) is 0. The number of ether oxygens (including phenoxy) is 1. The summed E-state index contributed by atoms with van der Waals surface area (Å²) in [6, 6.07) is 2.14. The molecule has 0 bridgehead atoms. The van der Waals surface area contributed by atoms with Crippen molar-refractivity contribution in [3.8, 4) is 0 Å². The van der Waals surface area contributed by atoms with Gasteiger partial charge < -0.3 is 15.4 Å². The fourth-order valence-electron chi connectivity index (χ4n) is 2.50. The summed E-state index contributed by atoms with van der Waals surface area (Å²) in [6.45, 7) is 8.65. The molecule has 0 spiro atoms. The van der Waals surface area contributed by atoms with Crippen molar-refractivity contribution in [3.05, 3.63) is 10.9 Å². The Hall–Kier alpha value is -1.40. The van der Waals surface area contributed by atoms with Crippen LogP contribution in [0.2, 0.25) is 0 Å². The van der Waals surface area contributed by atoms with Gasteiger partial charge in [-0.05, 0) is 26.8 Å². The third-order valence-corrected chi connectivity index (χ3v) is 4.36. The van der Waals surface area contributed by atoms with E-state index >= 15 is 0 Å². The van der Waals surface area contributed by atoms with Crippen LogP contribution in [0.15, 0.2) is 6.07 Å². The fourth-order valence-corrected chi connectivity index (χ4v) is 3.38. The second-order valence-electron chi connectivity index (χ2n) is 5.50. The molecule has 0 unspecified atom stereocenters. The van der Waals surface area contributed by atoms with E-state index in [1.807, 2.05) is 0 Å². The second-order valence-corrected chi connectivity index (χ2v) is 6.73. The van der Waals surface area contributed by atoms with Crippen LogP contribution in [0.5, 0.6) is 0 Å². The van der Waals surface area contributed by atoms with Crippen molar-refractivity contribution in [2.24, 2.45) is 0 Å². The van der Waals surface area contributed by atoms with Gasteiger partial charge in [0.2, 0.25) is 5.95 Å². The highest BCUT2D eigenvalue weighted by Gasteiger charge is 2.33. The van der Waals surface area contributed by atoms with Gasteiger partial charge in [-0.3, -0.25) is 0 Å². The van der Waals surface area contributed by atoms with Gasteiger partial charge >= 0.3 is 0 Å². The molecule has 0 radical (unpaired) electrons. The summed E-state index contributed by atoms with van der Waals surface area (Å²) in [4.78, 5) is 13.3. The highest BCUT2D eigenvalue weighted by atomic mass is 32.1. The standard InChI is InChI=1S/C13H18N4OS/c1-8-6-9-10(15-12(14)16-11(9)19-8)17-4-5-18-7-13(17,2)3/h6H,4-5,7H2,1-3H3,(H2,14,15,16). The molecule has 0 aliphatic carbocycles. The number of hydrogen-bond donors (Lipinski definition) is 1. The highest BCUT2D eigenvalue weighted by molar-refractivity contribution is 7.18. The minimum absolute atomic E-state index is 0.0815. The number of thiophene rings is 1. The smallest absolute Gasteiger partial charge is 0.223 e. The largest absolute Gasteiger partial charge is 0.377 e. The molecule has 6 heteroatoms. The Labute approximate surface area is 116 Å². The first-order valence-electron chi connectivity index (χ1n) is 6.36. The van der Waals surface area contributed by atoms with Crippen molar-refractivity contribution in [3.63, 3.8) is 0 Å². The summed E-state index contributed by atoms with van der Waals surface area (Å²) in [5.41, 5.74) is 5.77. The van der Waals surface area contributed by atoms with Gasteiger partial charge in [-0.1, -0.05) is 0 Å². The van der Waals surface area contributed by atoms with Crippen LogP contribution in [0.25, 0.3) is 10.2 Å². The van der Waals surface area contributed by atoms with E-state index in [0.29, 0.717) is 12.6 Å². The van der Waals surface area contributed by atoms with Crippen molar-refractivity contribution < 1.29 is 4.74 Å². The maximum absolute atomic E-state index is 5.86. The lowest BCUT2D eigenvalue weighted by molar-refractivity contribution is 0.0641. The van der Waals surface area contributed by atoms with Crippen LogP contribution < -0.4 is 10.6 Å². The van der Waals surface area contributed by atoms with Crippen molar-refractivity contribution in [1.29, 1.82) is 0 Å². The number of aromatic nitrogens is 2. The van der Waals surface area contributed by atoms with Crippen LogP contribution in [-0.4, -0.2) is 35.3 Å². The molecule has 5 nitrogen and oxygen atoms in total. The molecule has 2 N–H and O–H groups in total. The van der Waals surface area contributed by atoms with E-state index in [0.717, 1.165) is 29.2 Å². The molecular weight excluding hydrogens is 260 g/mol. The van der Waals surface area contributed by atoms with Gasteiger partial charge in [-0.15, -0.1) is 11.3 Å². The Bertz CT molecular complexity index is 622. The molecule has 0 saturated carbocycles. The van der Waals surface area contributed by atoms with E-state index in [9.17, 15) is 0 Å². The van der Waals surface area contributed by atoms with E-state index in [1.165, 1.54) is 4.88 Å². The van der Waals surface area contributed by atoms with E-state index in [4.69, 9.17) is 10.5 Å². The van der Waals surface area contributed by atoms with E-state index in [1.54, 1.807) is 11.3 Å². The first kappa shape index (κ1) is 12.6. The summed E-state index contributed by atoms with van der Waals surface area (Å²) in [5, 5.41) is 1.09. The van der Waals surface area contributed by atoms with Crippen LogP contribution >= 0.6 is 11.3 Å². The Morgan fingerprint density at radius 3 is 2.95 bits per heavy atom. The van der Waals surface area contributed by atoms with Crippen molar-refractivity contribution in [2.45, 2.75) is 26.3 Å². The normalized spacial score (nSPS) is 19.0. The lowest BCUT2D eigenvalue weighted by atomic mass is 10.0. The number of morpholine rings is 1. The number of anilines is 2. The third kappa shape index (κ3) is 2.15. The molecule has 1 fully saturated rings. The van der Waals surface area contributed by atoms with Gasteiger partial charge in [0.15, 0.2) is 0 Å². The van der Waals surface area contributed by atoms with E-state index in [-0.39, 0.29) is 5.54 Å². The van der Waals surface area contributed by atoms with Gasteiger partial charge in [0, 0.05) is 11.4 Å². The quantitative estimate of drug-likeness (QED) is 0.866. The molecule has 19 heavy (non-hydrogen) atoms.